The van der Waals surface area contributed by atoms with Gasteiger partial charge in [-0.2, -0.15) is 13.2 Å². The zero-order valence-corrected chi connectivity index (χ0v) is 22.3. The maximum absolute atomic E-state index is 14.6. The molecule has 0 amide bonds. The van der Waals surface area contributed by atoms with E-state index in [0.717, 1.165) is 10.8 Å². The van der Waals surface area contributed by atoms with Crippen molar-refractivity contribution in [1.82, 2.24) is 4.57 Å². The standard InChI is InChI=1S/C27H30F4N4O3S/c1-38-26-15-19(39(2,36)37)9-11-24(26)33-12-4-5-18-14-20-22(34-23-10-8-17(32)13-21(23)28)6-3-7-25(20)35(18)16-27(29,30)31/h3,6-7,9,11,14-15,17,21,23,33-34H,8,10,12-13,16,32H2,1-2H3/t17-,21+,23+/m0/s1. The van der Waals surface area contributed by atoms with Crippen LogP contribution in [0.2, 0.25) is 0 Å². The van der Waals surface area contributed by atoms with Crippen molar-refractivity contribution < 1.29 is 30.7 Å². The Morgan fingerprint density at radius 1 is 1.15 bits per heavy atom. The summed E-state index contributed by atoms with van der Waals surface area (Å²) in [5, 5.41) is 6.68. The molecular weight excluding hydrogens is 536 g/mol. The number of alkyl halides is 4. The lowest BCUT2D eigenvalue weighted by molar-refractivity contribution is -0.140. The molecule has 0 radical (unpaired) electrons. The minimum absolute atomic E-state index is 0.0547. The van der Waals surface area contributed by atoms with Gasteiger partial charge in [0.1, 0.15) is 18.5 Å². The van der Waals surface area contributed by atoms with Crippen LogP contribution in [0, 0.1) is 11.8 Å². The van der Waals surface area contributed by atoms with Crippen LogP contribution in [-0.4, -0.2) is 57.3 Å². The molecule has 0 bridgehead atoms. The van der Waals surface area contributed by atoms with Crippen molar-refractivity contribution in [2.75, 3.05) is 30.5 Å². The summed E-state index contributed by atoms with van der Waals surface area (Å²) in [6.07, 6.45) is -3.14. The Morgan fingerprint density at radius 3 is 2.59 bits per heavy atom. The molecule has 39 heavy (non-hydrogen) atoms. The maximum Gasteiger partial charge on any atom is 0.406 e. The normalized spacial score (nSPS) is 19.8. The smallest absolute Gasteiger partial charge is 0.406 e. The second-order valence-corrected chi connectivity index (χ2v) is 11.6. The van der Waals surface area contributed by atoms with E-state index >= 15 is 0 Å². The van der Waals surface area contributed by atoms with Crippen molar-refractivity contribution in [1.29, 1.82) is 0 Å². The summed E-state index contributed by atoms with van der Waals surface area (Å²) >= 11 is 0. The number of anilines is 2. The van der Waals surface area contributed by atoms with Gasteiger partial charge in [0.05, 0.1) is 41.5 Å². The molecule has 1 saturated carbocycles. The van der Waals surface area contributed by atoms with Crippen LogP contribution in [-0.2, 0) is 16.4 Å². The van der Waals surface area contributed by atoms with Crippen LogP contribution in [0.5, 0.6) is 5.75 Å². The SMILES string of the molecule is COc1cc(S(C)(=O)=O)ccc1NCC#Cc1cc2c(N[C@@H]3CC[C@H](N)C[C@H]3F)cccc2n1CC(F)(F)F. The lowest BCUT2D eigenvalue weighted by atomic mass is 9.90. The molecule has 1 aromatic heterocycles. The summed E-state index contributed by atoms with van der Waals surface area (Å²) in [5.41, 5.74) is 7.36. The third kappa shape index (κ3) is 6.96. The Morgan fingerprint density at radius 2 is 1.92 bits per heavy atom. The zero-order valence-electron chi connectivity index (χ0n) is 21.5. The lowest BCUT2D eigenvalue weighted by Crippen LogP contribution is -2.41. The minimum Gasteiger partial charge on any atom is -0.495 e. The monoisotopic (exact) mass is 566 g/mol. The first-order valence-corrected chi connectivity index (χ1v) is 14.2. The van der Waals surface area contributed by atoms with E-state index in [-0.39, 0.29) is 35.3 Å². The topological polar surface area (TPSA) is 98.4 Å². The molecule has 12 heteroatoms. The number of nitrogens with one attached hydrogen (secondary N) is 2. The fourth-order valence-electron chi connectivity index (χ4n) is 4.69. The van der Waals surface area contributed by atoms with E-state index in [1.165, 1.54) is 25.3 Å². The van der Waals surface area contributed by atoms with Crippen molar-refractivity contribution >= 4 is 32.1 Å². The predicted octanol–water partition coefficient (Wildman–Crippen LogP) is 4.71. The van der Waals surface area contributed by atoms with Gasteiger partial charge in [0, 0.05) is 29.4 Å². The van der Waals surface area contributed by atoms with E-state index < -0.39 is 34.8 Å². The molecule has 0 saturated heterocycles. The number of benzene rings is 2. The Bertz CT molecular complexity index is 1510. The van der Waals surface area contributed by atoms with Gasteiger partial charge in [0.2, 0.25) is 0 Å². The Kier molecular flexibility index (Phi) is 8.32. The number of hydrogen-bond acceptors (Lipinski definition) is 6. The summed E-state index contributed by atoms with van der Waals surface area (Å²) < 4.78 is 85.0. The molecule has 210 valence electrons. The van der Waals surface area contributed by atoms with Crippen molar-refractivity contribution in [2.45, 2.75) is 55.1 Å². The molecular formula is C27H30F4N4O3S. The molecule has 4 rings (SSSR count). The summed E-state index contributed by atoms with van der Waals surface area (Å²) in [7, 11) is -2.03. The van der Waals surface area contributed by atoms with Crippen molar-refractivity contribution in [3.05, 3.63) is 48.2 Å². The van der Waals surface area contributed by atoms with Gasteiger partial charge < -0.3 is 25.7 Å². The average Bonchev–Trinajstić information content (AvgIpc) is 3.19. The minimum atomic E-state index is -4.48. The number of fused-ring (bicyclic) bond motifs is 1. The van der Waals surface area contributed by atoms with Gasteiger partial charge >= 0.3 is 6.18 Å². The Balaban J connectivity index is 1.61. The van der Waals surface area contributed by atoms with E-state index in [1.807, 2.05) is 0 Å². The quantitative estimate of drug-likeness (QED) is 0.283. The number of nitrogens with two attached hydrogens (primary N) is 1. The predicted molar refractivity (Wildman–Crippen MR) is 144 cm³/mol. The largest absolute Gasteiger partial charge is 0.495 e. The second-order valence-electron chi connectivity index (χ2n) is 9.60. The molecule has 3 aromatic rings. The number of methoxy groups -OCH3 is 1. The fraction of sp³-hybridized carbons (Fsp3) is 0.407. The first-order valence-electron chi connectivity index (χ1n) is 12.3. The molecule has 1 aliphatic carbocycles. The highest BCUT2D eigenvalue weighted by molar-refractivity contribution is 7.90. The molecule has 0 unspecified atom stereocenters. The highest BCUT2D eigenvalue weighted by Crippen LogP contribution is 2.33. The molecule has 4 N–H and O–H groups in total. The number of nitrogens with zero attached hydrogens (tertiary/aromatic N) is 1. The number of rotatable bonds is 7. The van der Waals surface area contributed by atoms with Gasteiger partial charge in [0.25, 0.3) is 0 Å². The van der Waals surface area contributed by atoms with Gasteiger partial charge in [-0.1, -0.05) is 12.0 Å². The molecule has 2 aromatic carbocycles. The first-order chi connectivity index (χ1) is 18.4. The number of halogens is 4. The second kappa shape index (κ2) is 11.4. The van der Waals surface area contributed by atoms with Crippen LogP contribution in [0.3, 0.4) is 0 Å². The molecule has 1 aliphatic rings. The highest BCUT2D eigenvalue weighted by Gasteiger charge is 2.31. The fourth-order valence-corrected chi connectivity index (χ4v) is 5.33. The van der Waals surface area contributed by atoms with E-state index in [4.69, 9.17) is 10.5 Å². The van der Waals surface area contributed by atoms with Crippen LogP contribution in [0.1, 0.15) is 25.0 Å². The molecule has 3 atom stereocenters. The molecule has 0 spiro atoms. The van der Waals surface area contributed by atoms with E-state index in [2.05, 4.69) is 22.5 Å². The van der Waals surface area contributed by atoms with Gasteiger partial charge in [-0.15, -0.1) is 0 Å². The van der Waals surface area contributed by atoms with Crippen LogP contribution in [0.15, 0.2) is 47.4 Å². The molecule has 7 nitrogen and oxygen atoms in total. The van der Waals surface area contributed by atoms with Crippen molar-refractivity contribution in [2.24, 2.45) is 5.73 Å². The summed E-state index contributed by atoms with van der Waals surface area (Å²) in [5.74, 6) is 5.93. The molecule has 1 fully saturated rings. The van der Waals surface area contributed by atoms with Gasteiger partial charge in [-0.05, 0) is 55.5 Å². The number of sulfone groups is 1. The average molecular weight is 567 g/mol. The number of hydrogen-bond donors (Lipinski definition) is 3. The highest BCUT2D eigenvalue weighted by atomic mass is 32.2. The molecule has 1 heterocycles. The lowest BCUT2D eigenvalue weighted by Gasteiger charge is -2.31. The summed E-state index contributed by atoms with van der Waals surface area (Å²) in [6.45, 7) is -1.18. The van der Waals surface area contributed by atoms with E-state index in [1.54, 1.807) is 24.3 Å². The number of ether oxygens (including phenoxy) is 1. The zero-order chi connectivity index (χ0) is 28.4. The van der Waals surface area contributed by atoms with Crippen LogP contribution in [0.4, 0.5) is 28.9 Å². The van der Waals surface area contributed by atoms with Gasteiger partial charge in [-0.25, -0.2) is 12.8 Å². The third-order valence-corrected chi connectivity index (χ3v) is 7.73. The summed E-state index contributed by atoms with van der Waals surface area (Å²) in [4.78, 5) is 0.0900. The van der Waals surface area contributed by atoms with Crippen LogP contribution < -0.4 is 21.1 Å². The van der Waals surface area contributed by atoms with Crippen LogP contribution >= 0.6 is 0 Å². The van der Waals surface area contributed by atoms with Gasteiger partial charge in [-0.3, -0.25) is 0 Å². The Labute approximate surface area is 224 Å². The van der Waals surface area contributed by atoms with E-state index in [0.29, 0.717) is 35.1 Å². The van der Waals surface area contributed by atoms with E-state index in [9.17, 15) is 26.0 Å². The first kappa shape index (κ1) is 28.6. The third-order valence-electron chi connectivity index (χ3n) is 6.62. The van der Waals surface area contributed by atoms with Gasteiger partial charge in [0.15, 0.2) is 9.84 Å². The maximum atomic E-state index is 14.6. The van der Waals surface area contributed by atoms with Crippen molar-refractivity contribution in [3.8, 4) is 17.6 Å². The molecule has 0 aliphatic heterocycles. The van der Waals surface area contributed by atoms with Crippen LogP contribution in [0.25, 0.3) is 10.9 Å². The Hall–Kier alpha value is -3.43. The number of aromatic nitrogens is 1. The van der Waals surface area contributed by atoms with Crippen molar-refractivity contribution in [3.63, 3.8) is 0 Å². The summed E-state index contributed by atoms with van der Waals surface area (Å²) in [6, 6.07) is 10.1.